The van der Waals surface area contributed by atoms with Gasteiger partial charge in [-0.25, -0.2) is 8.78 Å². The Balaban J connectivity index is 1.56. The zero-order valence-corrected chi connectivity index (χ0v) is 18.0. The van der Waals surface area contributed by atoms with Crippen molar-refractivity contribution < 1.29 is 27.6 Å². The van der Waals surface area contributed by atoms with Gasteiger partial charge in [0.2, 0.25) is 0 Å². The van der Waals surface area contributed by atoms with E-state index < -0.39 is 11.6 Å². The molecule has 0 amide bonds. The third kappa shape index (κ3) is 7.54. The van der Waals surface area contributed by atoms with Crippen LogP contribution in [0.15, 0.2) is 52.0 Å². The lowest BCUT2D eigenvalue weighted by Gasteiger charge is -2.03. The van der Waals surface area contributed by atoms with Crippen LogP contribution < -0.4 is 0 Å². The number of carbonyl (C=O) groups excluding carboxylic acids is 2. The van der Waals surface area contributed by atoms with Gasteiger partial charge in [0.15, 0.2) is 12.0 Å². The Bertz CT molecular complexity index is 1090. The van der Waals surface area contributed by atoms with E-state index in [1.165, 1.54) is 12.1 Å². The lowest BCUT2D eigenvalue weighted by Crippen LogP contribution is -1.99. The average molecular weight is 454 g/mol. The second kappa shape index (κ2) is 12.5. The summed E-state index contributed by atoms with van der Waals surface area (Å²) in [6.45, 7) is 0.418. The van der Waals surface area contributed by atoms with Crippen LogP contribution in [0, 0.1) is 11.6 Å². The molecule has 1 aromatic heterocycles. The van der Waals surface area contributed by atoms with E-state index >= 15 is 0 Å². The van der Waals surface area contributed by atoms with E-state index in [4.69, 9.17) is 9.26 Å². The van der Waals surface area contributed by atoms with Gasteiger partial charge < -0.3 is 14.1 Å². The molecule has 0 radical (unpaired) electrons. The quantitative estimate of drug-likeness (QED) is 0.189. The topological polar surface area (TPSA) is 81.8 Å². The van der Waals surface area contributed by atoms with E-state index in [1.54, 1.807) is 30.5 Å². The highest BCUT2D eigenvalue weighted by atomic mass is 19.1. The monoisotopic (exact) mass is 454 g/mol. The van der Waals surface area contributed by atoms with Crippen LogP contribution in [0.25, 0.3) is 11.3 Å². The van der Waals surface area contributed by atoms with Crippen LogP contribution in [0.1, 0.15) is 47.4 Å². The first-order valence-electron chi connectivity index (χ1n) is 10.6. The molecular formula is C25H24F2N2O4. The lowest BCUT2D eigenvalue weighted by atomic mass is 10.1. The largest absolute Gasteiger partial charge is 0.373 e. The molecule has 1 heterocycles. The Hall–Kier alpha value is -3.52. The van der Waals surface area contributed by atoms with Gasteiger partial charge >= 0.3 is 0 Å². The molecule has 0 atom stereocenters. The summed E-state index contributed by atoms with van der Waals surface area (Å²) < 4.78 is 37.3. The minimum atomic E-state index is -0.618. The zero-order valence-electron chi connectivity index (χ0n) is 18.0. The summed E-state index contributed by atoms with van der Waals surface area (Å²) in [7, 11) is 0. The second-order valence-corrected chi connectivity index (χ2v) is 7.41. The van der Waals surface area contributed by atoms with Crippen molar-refractivity contribution in [3.63, 3.8) is 0 Å². The van der Waals surface area contributed by atoms with E-state index in [-0.39, 0.29) is 13.2 Å². The zero-order chi connectivity index (χ0) is 23.5. The molecule has 0 fully saturated rings. The number of carbonyl (C=O) groups is 2. The molecule has 3 rings (SSSR count). The van der Waals surface area contributed by atoms with Crippen LogP contribution in [0.5, 0.6) is 0 Å². The van der Waals surface area contributed by atoms with Gasteiger partial charge in [0, 0.05) is 35.9 Å². The van der Waals surface area contributed by atoms with Crippen molar-refractivity contribution >= 4 is 24.5 Å². The first-order valence-corrected chi connectivity index (χ1v) is 10.6. The van der Waals surface area contributed by atoms with Crippen LogP contribution in [0.3, 0.4) is 0 Å². The smallest absolute Gasteiger partial charge is 0.163 e. The van der Waals surface area contributed by atoms with Crippen molar-refractivity contribution in [1.29, 1.82) is 0 Å². The summed E-state index contributed by atoms with van der Waals surface area (Å²) in [5.41, 5.74) is 2.81. The molecule has 0 saturated heterocycles. The predicted octanol–water partition coefficient (Wildman–Crippen LogP) is 5.65. The van der Waals surface area contributed by atoms with Crippen LogP contribution in [-0.4, -0.2) is 30.6 Å². The molecule has 0 aliphatic heterocycles. The molecule has 8 heteroatoms. The number of nitrogens with zero attached hydrogens (tertiary/aromatic N) is 2. The van der Waals surface area contributed by atoms with Crippen molar-refractivity contribution in [2.75, 3.05) is 6.61 Å². The number of unbranched alkanes of at least 4 members (excludes halogenated alkanes) is 3. The molecule has 2 aromatic carbocycles. The molecular weight excluding hydrogens is 430 g/mol. The summed E-state index contributed by atoms with van der Waals surface area (Å²) >= 11 is 0. The molecule has 0 unspecified atom stereocenters. The summed E-state index contributed by atoms with van der Waals surface area (Å²) in [4.78, 5) is 26.1. The molecule has 0 N–H and O–H groups in total. The Kier molecular flexibility index (Phi) is 9.14. The maximum atomic E-state index is 13.2. The Morgan fingerprint density at radius 3 is 2.55 bits per heavy atom. The van der Waals surface area contributed by atoms with Gasteiger partial charge in [0.25, 0.3) is 0 Å². The van der Waals surface area contributed by atoms with Gasteiger partial charge in [-0.05, 0) is 55.5 Å². The van der Waals surface area contributed by atoms with Gasteiger partial charge in [0.1, 0.15) is 30.2 Å². The molecule has 0 aliphatic carbocycles. The third-order valence-corrected chi connectivity index (χ3v) is 4.85. The van der Waals surface area contributed by atoms with Crippen molar-refractivity contribution in [2.45, 2.75) is 38.7 Å². The number of benzene rings is 2. The van der Waals surface area contributed by atoms with E-state index in [1.807, 2.05) is 0 Å². The fourth-order valence-electron chi connectivity index (χ4n) is 3.18. The number of hydrogen-bond donors (Lipinski definition) is 0. The van der Waals surface area contributed by atoms with E-state index in [9.17, 15) is 18.4 Å². The molecule has 6 nitrogen and oxygen atoms in total. The highest BCUT2D eigenvalue weighted by molar-refractivity contribution is 5.86. The molecule has 0 spiro atoms. The fraction of sp³-hybridized carbons (Fsp3) is 0.280. The first kappa shape index (κ1) is 24.1. The van der Waals surface area contributed by atoms with Crippen LogP contribution in [-0.2, 0) is 22.6 Å². The summed E-state index contributed by atoms with van der Waals surface area (Å²) in [6.07, 6.45) is 6.64. The number of aromatic nitrogens is 1. The van der Waals surface area contributed by atoms with Crippen LogP contribution in [0.2, 0.25) is 0 Å². The van der Waals surface area contributed by atoms with Crippen molar-refractivity contribution in [3.05, 3.63) is 71.0 Å². The van der Waals surface area contributed by atoms with E-state index in [0.29, 0.717) is 47.5 Å². The lowest BCUT2D eigenvalue weighted by molar-refractivity contribution is -0.107. The molecule has 172 valence electrons. The SMILES string of the molecule is O=CCCCC/C=N/c1cc(-c2cc(COCCc3cc(F)cc(F)c3)on2)ccc1C=O. The van der Waals surface area contributed by atoms with Gasteiger partial charge in [0.05, 0.1) is 12.3 Å². The molecule has 0 aliphatic rings. The first-order chi connectivity index (χ1) is 16.1. The normalized spacial score (nSPS) is 11.2. The maximum Gasteiger partial charge on any atom is 0.163 e. The minimum absolute atomic E-state index is 0.156. The van der Waals surface area contributed by atoms with E-state index in [2.05, 4.69) is 10.1 Å². The van der Waals surface area contributed by atoms with Crippen LogP contribution in [0.4, 0.5) is 14.5 Å². The second-order valence-electron chi connectivity index (χ2n) is 7.41. The number of ether oxygens (including phenoxy) is 1. The molecule has 33 heavy (non-hydrogen) atoms. The van der Waals surface area contributed by atoms with Gasteiger partial charge in [-0.1, -0.05) is 11.2 Å². The Morgan fingerprint density at radius 2 is 1.79 bits per heavy atom. The number of hydrogen-bond acceptors (Lipinski definition) is 6. The standard InChI is InChI=1S/C25H24F2N2O4/c26-21-11-18(12-22(27)14-21)7-10-32-17-23-15-25(29-33-23)19-5-6-20(16-31)24(13-19)28-8-3-1-2-4-9-30/h5-6,8-9,11-16H,1-4,7,10,17H2/b28-8+. The summed E-state index contributed by atoms with van der Waals surface area (Å²) in [5.74, 6) is -0.741. The Labute approximate surface area is 190 Å². The summed E-state index contributed by atoms with van der Waals surface area (Å²) in [5, 5.41) is 4.05. The van der Waals surface area contributed by atoms with Gasteiger partial charge in [-0.2, -0.15) is 0 Å². The van der Waals surface area contributed by atoms with E-state index in [0.717, 1.165) is 37.0 Å². The maximum absolute atomic E-state index is 13.2. The highest BCUT2D eigenvalue weighted by Crippen LogP contribution is 2.27. The van der Waals surface area contributed by atoms with Crippen molar-refractivity contribution in [3.8, 4) is 11.3 Å². The van der Waals surface area contributed by atoms with Crippen LogP contribution >= 0.6 is 0 Å². The molecule has 0 saturated carbocycles. The molecule has 0 bridgehead atoms. The highest BCUT2D eigenvalue weighted by Gasteiger charge is 2.10. The van der Waals surface area contributed by atoms with Crippen molar-refractivity contribution in [1.82, 2.24) is 5.16 Å². The fourth-order valence-corrected chi connectivity index (χ4v) is 3.18. The number of aldehydes is 2. The van der Waals surface area contributed by atoms with Gasteiger partial charge in [-0.3, -0.25) is 9.79 Å². The number of rotatable bonds is 13. The summed E-state index contributed by atoms with van der Waals surface area (Å²) in [6, 6.07) is 10.3. The number of halogens is 2. The van der Waals surface area contributed by atoms with Gasteiger partial charge in [-0.15, -0.1) is 0 Å². The predicted molar refractivity (Wildman–Crippen MR) is 120 cm³/mol. The van der Waals surface area contributed by atoms with Crippen molar-refractivity contribution in [2.24, 2.45) is 4.99 Å². The molecule has 3 aromatic rings. The minimum Gasteiger partial charge on any atom is -0.373 e. The number of aliphatic imine (C=N–C) groups is 1. The Morgan fingerprint density at radius 1 is 1.00 bits per heavy atom. The average Bonchev–Trinajstić information content (AvgIpc) is 3.27. The third-order valence-electron chi connectivity index (χ3n) is 4.85.